The lowest BCUT2D eigenvalue weighted by atomic mass is 10.0. The predicted molar refractivity (Wildman–Crippen MR) is 280 cm³/mol. The van der Waals surface area contributed by atoms with E-state index in [1.165, 1.54) is 61.2 Å². The van der Waals surface area contributed by atoms with Crippen molar-refractivity contribution in [1.29, 1.82) is 0 Å². The Balaban J connectivity index is 0.000000176. The van der Waals surface area contributed by atoms with E-state index in [0.717, 1.165) is 48.7 Å². The zero-order chi connectivity index (χ0) is 54.7. The quantitative estimate of drug-likeness (QED) is 0.112. The van der Waals surface area contributed by atoms with Crippen molar-refractivity contribution >= 4 is 50.7 Å². The van der Waals surface area contributed by atoms with E-state index in [1.54, 1.807) is 41.5 Å². The molecule has 2 fully saturated rings. The fraction of sp³-hybridized carbons (Fsp3) is 0.259. The number of fused-ring (bicyclic) bond motifs is 2. The molecule has 0 spiro atoms. The maximum Gasteiger partial charge on any atom is 0.416 e. The molecule has 77 heavy (non-hydrogen) atoms. The SMILES string of the molecule is Brc1cnc2ncccn12.C#Cc1cncc(C(=O)Nc2ccc(CN3CCN(C)CC3)c(C(F)(F)F)c2)c1.CN1CCN(Cc2ccc(NC(=O)c3cncc(C#Cc4cnc5ncccn45)c3)cc2C(F)(F)F)CC1. The number of aromatic nitrogens is 8. The molecule has 16 nitrogen and oxygen atoms in total. The van der Waals surface area contributed by atoms with Crippen LogP contribution in [0.25, 0.3) is 11.6 Å². The molecule has 396 valence electrons. The first-order valence-corrected chi connectivity index (χ1v) is 24.6. The predicted octanol–water partition coefficient (Wildman–Crippen LogP) is 8.12. The smallest absolute Gasteiger partial charge is 0.322 e. The number of pyridine rings is 2. The molecular formula is C54H49BrF6N14O2. The Morgan fingerprint density at radius 1 is 0.597 bits per heavy atom. The molecule has 0 unspecified atom stereocenters. The molecule has 0 aliphatic carbocycles. The maximum absolute atomic E-state index is 13.9. The number of piperazine rings is 2. The van der Waals surface area contributed by atoms with Gasteiger partial charge in [-0.1, -0.05) is 24.0 Å². The summed E-state index contributed by atoms with van der Waals surface area (Å²) in [5, 5.41) is 5.05. The number of nitrogens with one attached hydrogen (secondary N) is 2. The van der Waals surface area contributed by atoms with E-state index in [1.807, 2.05) is 40.6 Å². The van der Waals surface area contributed by atoms with E-state index in [2.05, 4.69) is 84.0 Å². The Morgan fingerprint density at radius 3 is 1.56 bits per heavy atom. The van der Waals surface area contributed by atoms with Gasteiger partial charge in [0, 0.05) is 138 Å². The topological polar surface area (TPSA) is 157 Å². The van der Waals surface area contributed by atoms with Crippen molar-refractivity contribution in [3.05, 3.63) is 177 Å². The highest BCUT2D eigenvalue weighted by Crippen LogP contribution is 2.36. The molecule has 2 aromatic carbocycles. The van der Waals surface area contributed by atoms with Gasteiger partial charge in [0.05, 0.1) is 34.6 Å². The number of nitrogens with zero attached hydrogens (tertiary/aromatic N) is 12. The number of amides is 2. The van der Waals surface area contributed by atoms with E-state index in [4.69, 9.17) is 6.42 Å². The van der Waals surface area contributed by atoms with Gasteiger partial charge in [-0.3, -0.25) is 38.2 Å². The molecule has 23 heteroatoms. The van der Waals surface area contributed by atoms with Crippen molar-refractivity contribution in [1.82, 2.24) is 58.3 Å². The van der Waals surface area contributed by atoms with Crippen LogP contribution in [0.4, 0.5) is 37.7 Å². The molecule has 2 N–H and O–H groups in total. The first-order chi connectivity index (χ1) is 36.9. The molecule has 2 amide bonds. The second-order valence-electron chi connectivity index (χ2n) is 17.9. The van der Waals surface area contributed by atoms with E-state index in [-0.39, 0.29) is 46.7 Å². The first kappa shape index (κ1) is 55.2. The summed E-state index contributed by atoms with van der Waals surface area (Å²) in [4.78, 5) is 57.8. The van der Waals surface area contributed by atoms with Gasteiger partial charge >= 0.3 is 12.4 Å². The normalized spacial score (nSPS) is 14.5. The minimum atomic E-state index is -4.55. The van der Waals surface area contributed by atoms with Crippen LogP contribution in [0.3, 0.4) is 0 Å². The number of rotatable bonds is 8. The van der Waals surface area contributed by atoms with E-state index in [0.29, 0.717) is 48.8 Å². The molecule has 2 aliphatic rings. The zero-order valence-corrected chi connectivity index (χ0v) is 43.1. The van der Waals surface area contributed by atoms with Crippen LogP contribution in [0.2, 0.25) is 0 Å². The molecule has 6 aromatic heterocycles. The van der Waals surface area contributed by atoms with Crippen molar-refractivity contribution in [3.8, 4) is 24.2 Å². The average molecular weight is 1120 g/mol. The van der Waals surface area contributed by atoms with Crippen LogP contribution in [0.1, 0.15) is 59.8 Å². The van der Waals surface area contributed by atoms with Gasteiger partial charge in [0.15, 0.2) is 0 Å². The molecule has 0 saturated carbocycles. The summed E-state index contributed by atoms with van der Waals surface area (Å²) in [7, 11) is 3.98. The standard InChI is InChI=1S/C27H24F3N7O.C21H21F3N4O.C6H4BrN3/c1-35-9-11-36(12-10-35)18-20-4-5-22(14-24(20)27(28,29)30)34-25(38)21-13-19(15-31-16-21)3-6-23-17-33-26-32-7-2-8-37(23)26;1-3-15-10-17(13-25-12-15)20(29)26-18-5-4-16(19(11-18)21(22,23)24)14-28-8-6-27(2)7-9-28;7-5-4-9-6-8-2-1-3-10(5)6/h2,4-5,7-8,13-17H,9-12,18H2,1H3,(H,34,38);1,4-5,10-13H,6-9,14H2,2H3,(H,26,29);1-4H. The van der Waals surface area contributed by atoms with Crippen LogP contribution in [0.5, 0.6) is 0 Å². The van der Waals surface area contributed by atoms with Gasteiger partial charge in [-0.05, 0) is 95.6 Å². The number of carbonyl (C=O) groups is 2. The summed E-state index contributed by atoms with van der Waals surface area (Å²) >= 11 is 3.33. The van der Waals surface area contributed by atoms with Crippen molar-refractivity contribution in [3.63, 3.8) is 0 Å². The van der Waals surface area contributed by atoms with Crippen LogP contribution in [0.15, 0.2) is 127 Å². The summed E-state index contributed by atoms with van der Waals surface area (Å²) in [5.41, 5.74) is 0.833. The lowest BCUT2D eigenvalue weighted by Crippen LogP contribution is -2.44. The van der Waals surface area contributed by atoms with Crippen molar-refractivity contribution in [2.24, 2.45) is 0 Å². The molecule has 10 rings (SSSR count). The third-order valence-electron chi connectivity index (χ3n) is 12.4. The number of hydrogen-bond donors (Lipinski definition) is 2. The Hall–Kier alpha value is -8.06. The lowest BCUT2D eigenvalue weighted by Gasteiger charge is -2.33. The Kier molecular flexibility index (Phi) is 17.7. The fourth-order valence-electron chi connectivity index (χ4n) is 8.14. The van der Waals surface area contributed by atoms with Crippen LogP contribution in [-0.4, -0.2) is 137 Å². The van der Waals surface area contributed by atoms with Gasteiger partial charge < -0.3 is 20.4 Å². The van der Waals surface area contributed by atoms with Crippen LogP contribution in [0, 0.1) is 24.2 Å². The lowest BCUT2D eigenvalue weighted by molar-refractivity contribution is -0.139. The molecular weight excluding hydrogens is 1070 g/mol. The fourth-order valence-corrected chi connectivity index (χ4v) is 8.52. The number of benzene rings is 2. The minimum absolute atomic E-state index is 0.0548. The average Bonchev–Trinajstić information content (AvgIpc) is 4.03. The van der Waals surface area contributed by atoms with Crippen LogP contribution < -0.4 is 10.6 Å². The minimum Gasteiger partial charge on any atom is -0.322 e. The number of terminal acetylenes is 1. The molecule has 0 atom stereocenters. The van der Waals surface area contributed by atoms with Crippen LogP contribution in [-0.2, 0) is 25.4 Å². The highest BCUT2D eigenvalue weighted by molar-refractivity contribution is 9.10. The number of carbonyl (C=O) groups excluding carboxylic acids is 2. The first-order valence-electron chi connectivity index (χ1n) is 23.9. The van der Waals surface area contributed by atoms with Crippen molar-refractivity contribution in [2.75, 3.05) is 77.1 Å². The number of likely N-dealkylation sites (N-methyl/N-ethyl adjacent to an activating group) is 2. The summed E-state index contributed by atoms with van der Waals surface area (Å²) in [6, 6.07) is 14.4. The Labute approximate surface area is 447 Å². The third-order valence-corrected chi connectivity index (χ3v) is 12.9. The van der Waals surface area contributed by atoms with Gasteiger partial charge in [0.2, 0.25) is 11.6 Å². The van der Waals surface area contributed by atoms with Gasteiger partial charge in [0.25, 0.3) is 11.8 Å². The largest absolute Gasteiger partial charge is 0.416 e. The summed E-state index contributed by atoms with van der Waals surface area (Å²) < 4.78 is 87.1. The van der Waals surface area contributed by atoms with Gasteiger partial charge in [-0.25, -0.2) is 19.9 Å². The Morgan fingerprint density at radius 2 is 1.06 bits per heavy atom. The third kappa shape index (κ3) is 14.9. The zero-order valence-electron chi connectivity index (χ0n) is 41.5. The molecule has 8 heterocycles. The number of anilines is 2. The molecule has 8 aromatic rings. The highest BCUT2D eigenvalue weighted by Gasteiger charge is 2.36. The summed E-state index contributed by atoms with van der Waals surface area (Å²) in [6.45, 7) is 6.50. The second-order valence-corrected chi connectivity index (χ2v) is 18.7. The van der Waals surface area contributed by atoms with E-state index >= 15 is 0 Å². The number of hydrogen-bond acceptors (Lipinski definition) is 12. The van der Waals surface area contributed by atoms with Gasteiger partial charge in [0.1, 0.15) is 10.3 Å². The summed E-state index contributed by atoms with van der Waals surface area (Å²) in [5.74, 6) is 8.35. The van der Waals surface area contributed by atoms with Gasteiger partial charge in [-0.2, -0.15) is 26.3 Å². The monoisotopic (exact) mass is 1120 g/mol. The molecule has 0 radical (unpaired) electrons. The number of alkyl halides is 6. The molecule has 2 aliphatic heterocycles. The van der Waals surface area contributed by atoms with E-state index in [9.17, 15) is 35.9 Å². The Bertz CT molecular complexity index is 3480. The van der Waals surface area contributed by atoms with Crippen LogP contribution >= 0.6 is 15.9 Å². The van der Waals surface area contributed by atoms with Gasteiger partial charge in [-0.15, -0.1) is 6.42 Å². The molecule has 0 bridgehead atoms. The number of halogens is 7. The van der Waals surface area contributed by atoms with E-state index < -0.39 is 35.3 Å². The maximum atomic E-state index is 13.9. The highest BCUT2D eigenvalue weighted by atomic mass is 79.9. The molecule has 2 saturated heterocycles. The van der Waals surface area contributed by atoms with Crippen molar-refractivity contribution < 1.29 is 35.9 Å². The van der Waals surface area contributed by atoms with Crippen molar-refractivity contribution in [2.45, 2.75) is 25.4 Å². The summed E-state index contributed by atoms with van der Waals surface area (Å²) in [6.07, 6.45) is 12.1. The second kappa shape index (κ2) is 24.7. The number of imidazole rings is 2.